The van der Waals surface area contributed by atoms with Crippen LogP contribution < -0.4 is 5.73 Å². The predicted octanol–water partition coefficient (Wildman–Crippen LogP) is 0.988. The highest BCUT2D eigenvalue weighted by atomic mass is 16.5. The second kappa shape index (κ2) is 4.53. The molecule has 1 aromatic rings. The van der Waals surface area contributed by atoms with Crippen LogP contribution in [0.15, 0.2) is 24.5 Å². The molecule has 2 heterocycles. The van der Waals surface area contributed by atoms with Crippen LogP contribution in [-0.2, 0) is 11.2 Å². The quantitative estimate of drug-likeness (QED) is 0.776. The van der Waals surface area contributed by atoms with E-state index in [1.54, 1.807) is 6.20 Å². The molecule has 0 saturated carbocycles. The number of nitrogens with zero attached hydrogens (tertiary/aromatic N) is 1. The minimum Gasteiger partial charge on any atom is -0.381 e. The van der Waals surface area contributed by atoms with Gasteiger partial charge in [0.2, 0.25) is 0 Å². The lowest BCUT2D eigenvalue weighted by Gasteiger charge is -2.16. The lowest BCUT2D eigenvalue weighted by atomic mass is 9.94. The monoisotopic (exact) mass is 192 g/mol. The van der Waals surface area contributed by atoms with E-state index >= 15 is 0 Å². The van der Waals surface area contributed by atoms with Crippen LogP contribution in [0.25, 0.3) is 0 Å². The molecule has 3 heteroatoms. The van der Waals surface area contributed by atoms with E-state index in [9.17, 15) is 0 Å². The summed E-state index contributed by atoms with van der Waals surface area (Å²) in [5, 5.41) is 0. The first kappa shape index (κ1) is 9.62. The van der Waals surface area contributed by atoms with Crippen molar-refractivity contribution in [2.24, 2.45) is 11.7 Å². The fraction of sp³-hybridized carbons (Fsp3) is 0.545. The third-order valence-corrected chi connectivity index (χ3v) is 2.76. The minimum atomic E-state index is 0.210. The molecule has 1 aromatic heterocycles. The molecule has 1 fully saturated rings. The molecule has 14 heavy (non-hydrogen) atoms. The van der Waals surface area contributed by atoms with Crippen molar-refractivity contribution < 1.29 is 4.74 Å². The van der Waals surface area contributed by atoms with Gasteiger partial charge in [0, 0.05) is 25.0 Å². The highest BCUT2D eigenvalue weighted by Gasteiger charge is 2.22. The number of ether oxygens (including phenoxy) is 1. The van der Waals surface area contributed by atoms with Crippen LogP contribution in [-0.4, -0.2) is 24.2 Å². The molecule has 2 rings (SSSR count). The zero-order valence-corrected chi connectivity index (χ0v) is 8.23. The zero-order valence-electron chi connectivity index (χ0n) is 8.23. The third kappa shape index (κ3) is 2.30. The molecule has 0 aliphatic carbocycles. The standard InChI is InChI=1S/C11H16N2O/c12-11(10-3-5-14-8-10)6-9-2-1-4-13-7-9/h1-2,4,7,10-11H,3,5-6,8,12H2. The molecule has 76 valence electrons. The Kier molecular flexibility index (Phi) is 3.11. The first-order valence-corrected chi connectivity index (χ1v) is 5.08. The molecule has 0 spiro atoms. The molecule has 0 aromatic carbocycles. The second-order valence-electron chi connectivity index (χ2n) is 3.85. The van der Waals surface area contributed by atoms with Crippen molar-refractivity contribution in [1.82, 2.24) is 4.98 Å². The predicted molar refractivity (Wildman–Crippen MR) is 54.8 cm³/mol. The maximum atomic E-state index is 6.10. The van der Waals surface area contributed by atoms with Crippen LogP contribution in [0.5, 0.6) is 0 Å². The van der Waals surface area contributed by atoms with Crippen molar-refractivity contribution in [3.05, 3.63) is 30.1 Å². The summed E-state index contributed by atoms with van der Waals surface area (Å²) in [7, 11) is 0. The van der Waals surface area contributed by atoms with Gasteiger partial charge in [-0.25, -0.2) is 0 Å². The van der Waals surface area contributed by atoms with Gasteiger partial charge in [0.1, 0.15) is 0 Å². The summed E-state index contributed by atoms with van der Waals surface area (Å²) >= 11 is 0. The summed E-state index contributed by atoms with van der Waals surface area (Å²) < 4.78 is 5.32. The van der Waals surface area contributed by atoms with Gasteiger partial charge < -0.3 is 10.5 Å². The van der Waals surface area contributed by atoms with Crippen LogP contribution in [0, 0.1) is 5.92 Å². The van der Waals surface area contributed by atoms with E-state index < -0.39 is 0 Å². The molecule has 2 unspecified atom stereocenters. The van der Waals surface area contributed by atoms with Crippen molar-refractivity contribution >= 4 is 0 Å². The summed E-state index contributed by atoms with van der Waals surface area (Å²) in [6.07, 6.45) is 5.67. The summed E-state index contributed by atoms with van der Waals surface area (Å²) in [4.78, 5) is 4.08. The smallest absolute Gasteiger partial charge is 0.0510 e. The Morgan fingerprint density at radius 2 is 2.57 bits per heavy atom. The van der Waals surface area contributed by atoms with E-state index in [4.69, 9.17) is 10.5 Å². The summed E-state index contributed by atoms with van der Waals surface area (Å²) in [5.41, 5.74) is 7.32. The molecule has 2 N–H and O–H groups in total. The lowest BCUT2D eigenvalue weighted by molar-refractivity contribution is 0.180. The number of nitrogens with two attached hydrogens (primary N) is 1. The van der Waals surface area contributed by atoms with Crippen LogP contribution in [0.1, 0.15) is 12.0 Å². The van der Waals surface area contributed by atoms with Crippen molar-refractivity contribution in [1.29, 1.82) is 0 Å². The van der Waals surface area contributed by atoms with Gasteiger partial charge in [-0.05, 0) is 30.4 Å². The van der Waals surface area contributed by atoms with Crippen LogP contribution >= 0.6 is 0 Å². The van der Waals surface area contributed by atoms with E-state index in [1.807, 2.05) is 12.3 Å². The fourth-order valence-corrected chi connectivity index (χ4v) is 1.85. The van der Waals surface area contributed by atoms with Crippen molar-refractivity contribution in [2.75, 3.05) is 13.2 Å². The second-order valence-corrected chi connectivity index (χ2v) is 3.85. The van der Waals surface area contributed by atoms with E-state index in [2.05, 4.69) is 11.1 Å². The Morgan fingerprint density at radius 1 is 1.64 bits per heavy atom. The number of hydrogen-bond donors (Lipinski definition) is 1. The van der Waals surface area contributed by atoms with Crippen LogP contribution in [0.4, 0.5) is 0 Å². The Labute approximate surface area is 84.3 Å². The van der Waals surface area contributed by atoms with Crippen LogP contribution in [0.2, 0.25) is 0 Å². The molecule has 3 nitrogen and oxygen atoms in total. The summed E-state index contributed by atoms with van der Waals surface area (Å²) in [6.45, 7) is 1.69. The fourth-order valence-electron chi connectivity index (χ4n) is 1.85. The van der Waals surface area contributed by atoms with Crippen molar-refractivity contribution in [3.8, 4) is 0 Å². The van der Waals surface area contributed by atoms with E-state index in [0.717, 1.165) is 26.1 Å². The molecule has 1 saturated heterocycles. The highest BCUT2D eigenvalue weighted by Crippen LogP contribution is 2.17. The van der Waals surface area contributed by atoms with Gasteiger partial charge >= 0.3 is 0 Å². The molecule has 0 radical (unpaired) electrons. The first-order chi connectivity index (χ1) is 6.86. The number of hydrogen-bond acceptors (Lipinski definition) is 3. The molecular formula is C11H16N2O. The SMILES string of the molecule is NC(Cc1cccnc1)C1CCOC1. The summed E-state index contributed by atoms with van der Waals surface area (Å²) in [6, 6.07) is 4.23. The highest BCUT2D eigenvalue weighted by molar-refractivity contribution is 5.10. The van der Waals surface area contributed by atoms with Gasteiger partial charge in [-0.3, -0.25) is 4.98 Å². The molecule has 1 aliphatic rings. The van der Waals surface area contributed by atoms with E-state index in [-0.39, 0.29) is 6.04 Å². The summed E-state index contributed by atoms with van der Waals surface area (Å²) in [5.74, 6) is 0.523. The zero-order chi connectivity index (χ0) is 9.80. The molecule has 0 amide bonds. The van der Waals surface area contributed by atoms with E-state index in [0.29, 0.717) is 5.92 Å². The molecule has 1 aliphatic heterocycles. The Balaban J connectivity index is 1.90. The third-order valence-electron chi connectivity index (χ3n) is 2.76. The number of aromatic nitrogens is 1. The van der Waals surface area contributed by atoms with Gasteiger partial charge in [-0.2, -0.15) is 0 Å². The van der Waals surface area contributed by atoms with E-state index in [1.165, 1.54) is 5.56 Å². The number of pyridine rings is 1. The Morgan fingerprint density at radius 3 is 3.21 bits per heavy atom. The van der Waals surface area contributed by atoms with Crippen molar-refractivity contribution in [3.63, 3.8) is 0 Å². The lowest BCUT2D eigenvalue weighted by Crippen LogP contribution is -2.32. The maximum absolute atomic E-state index is 6.10. The average Bonchev–Trinajstić information content (AvgIpc) is 2.72. The normalized spacial score (nSPS) is 23.6. The van der Waals surface area contributed by atoms with Gasteiger partial charge in [0.05, 0.1) is 6.61 Å². The van der Waals surface area contributed by atoms with Gasteiger partial charge in [0.25, 0.3) is 0 Å². The minimum absolute atomic E-state index is 0.210. The maximum Gasteiger partial charge on any atom is 0.0510 e. The van der Waals surface area contributed by atoms with Crippen LogP contribution in [0.3, 0.4) is 0 Å². The molecule has 2 atom stereocenters. The first-order valence-electron chi connectivity index (χ1n) is 5.08. The average molecular weight is 192 g/mol. The van der Waals surface area contributed by atoms with Gasteiger partial charge in [-0.15, -0.1) is 0 Å². The Hall–Kier alpha value is -0.930. The van der Waals surface area contributed by atoms with Gasteiger partial charge in [0.15, 0.2) is 0 Å². The number of rotatable bonds is 3. The van der Waals surface area contributed by atoms with Gasteiger partial charge in [-0.1, -0.05) is 6.07 Å². The Bertz CT molecular complexity index is 270. The molecular weight excluding hydrogens is 176 g/mol. The molecule has 0 bridgehead atoms. The van der Waals surface area contributed by atoms with Crippen molar-refractivity contribution in [2.45, 2.75) is 18.9 Å². The largest absolute Gasteiger partial charge is 0.381 e. The topological polar surface area (TPSA) is 48.1 Å².